The second-order valence-electron chi connectivity index (χ2n) is 13.7. The monoisotopic (exact) mass is 608 g/mol. The fraction of sp³-hybridized carbons (Fsp3) is 0.462. The van der Waals surface area contributed by atoms with Gasteiger partial charge in [0.1, 0.15) is 5.78 Å². The Morgan fingerprint density at radius 2 is 1.62 bits per heavy atom. The molecule has 0 saturated heterocycles. The lowest BCUT2D eigenvalue weighted by atomic mass is 9.62. The molecule has 3 aliphatic carbocycles. The maximum Gasteiger partial charge on any atom is 0.160 e. The Morgan fingerprint density at radius 1 is 0.867 bits per heavy atom. The molecule has 45 heavy (non-hydrogen) atoms. The van der Waals surface area contributed by atoms with Gasteiger partial charge in [0, 0.05) is 42.4 Å². The first-order valence-electron chi connectivity index (χ1n) is 16.3. The molecule has 0 heterocycles. The van der Waals surface area contributed by atoms with E-state index < -0.39 is 11.5 Å². The summed E-state index contributed by atoms with van der Waals surface area (Å²) in [6.07, 6.45) is 7.89. The van der Waals surface area contributed by atoms with Gasteiger partial charge in [0.05, 0.1) is 13.2 Å². The van der Waals surface area contributed by atoms with Crippen LogP contribution in [0, 0.1) is 29.1 Å². The van der Waals surface area contributed by atoms with Crippen molar-refractivity contribution in [1.29, 1.82) is 0 Å². The van der Waals surface area contributed by atoms with E-state index in [2.05, 4.69) is 24.0 Å². The van der Waals surface area contributed by atoms with Crippen LogP contribution in [0.4, 0.5) is 0 Å². The number of carbonyl (C=O) groups excluding carboxylic acids is 1. The molecule has 3 aromatic carbocycles. The van der Waals surface area contributed by atoms with Crippen LogP contribution in [0.25, 0.3) is 0 Å². The van der Waals surface area contributed by atoms with Crippen molar-refractivity contribution in [3.05, 3.63) is 83.4 Å². The average Bonchev–Trinajstić information content (AvgIpc) is 3.66. The van der Waals surface area contributed by atoms with Crippen LogP contribution in [0.15, 0.2) is 66.7 Å². The number of rotatable bonds is 6. The summed E-state index contributed by atoms with van der Waals surface area (Å²) in [5.74, 6) is 6.41. The third kappa shape index (κ3) is 6.29. The van der Waals surface area contributed by atoms with E-state index in [1.165, 1.54) is 20.0 Å². The van der Waals surface area contributed by atoms with E-state index >= 15 is 0 Å². The zero-order valence-corrected chi connectivity index (χ0v) is 26.0. The first-order valence-corrected chi connectivity index (χ1v) is 16.3. The highest BCUT2D eigenvalue weighted by Crippen LogP contribution is 2.62. The van der Waals surface area contributed by atoms with Gasteiger partial charge < -0.3 is 25.2 Å². The largest absolute Gasteiger partial charge is 0.504 e. The lowest BCUT2D eigenvalue weighted by Gasteiger charge is -2.42. The third-order valence-electron chi connectivity index (χ3n) is 11.1. The Hall–Kier alpha value is -3.95. The first-order chi connectivity index (χ1) is 21.7. The molecule has 0 bridgehead atoms. The molecule has 6 rings (SSSR count). The molecule has 1 spiro atoms. The van der Waals surface area contributed by atoms with Crippen LogP contribution in [0.5, 0.6) is 23.0 Å². The highest BCUT2D eigenvalue weighted by molar-refractivity contribution is 5.80. The summed E-state index contributed by atoms with van der Waals surface area (Å²) >= 11 is 0. The predicted molar refractivity (Wildman–Crippen MR) is 173 cm³/mol. The van der Waals surface area contributed by atoms with Crippen LogP contribution in [0.1, 0.15) is 86.8 Å². The van der Waals surface area contributed by atoms with Crippen molar-refractivity contribution in [2.75, 3.05) is 7.11 Å². The zero-order chi connectivity index (χ0) is 31.6. The minimum atomic E-state index is -0.903. The average molecular weight is 609 g/mol. The molecule has 236 valence electrons. The summed E-state index contributed by atoms with van der Waals surface area (Å²) in [5, 5.41) is 42.9. The summed E-state index contributed by atoms with van der Waals surface area (Å²) in [4.78, 5) is 13.9. The Labute approximate surface area is 266 Å². The number of ether oxygens (including phenoxy) is 1. The van der Waals surface area contributed by atoms with Gasteiger partial charge in [-0.3, -0.25) is 4.79 Å². The molecule has 6 heteroatoms. The third-order valence-corrected chi connectivity index (χ3v) is 11.1. The summed E-state index contributed by atoms with van der Waals surface area (Å²) in [6.45, 7) is 0. The van der Waals surface area contributed by atoms with Crippen molar-refractivity contribution in [2.24, 2.45) is 17.3 Å². The van der Waals surface area contributed by atoms with Crippen molar-refractivity contribution in [2.45, 2.75) is 88.1 Å². The molecule has 0 radical (unpaired) electrons. The van der Waals surface area contributed by atoms with Gasteiger partial charge in [0.25, 0.3) is 0 Å². The number of aliphatic hydroxyl groups is 1. The second kappa shape index (κ2) is 12.8. The highest BCUT2D eigenvalue weighted by Gasteiger charge is 2.55. The number of phenols is 3. The topological polar surface area (TPSA) is 107 Å². The quantitative estimate of drug-likeness (QED) is 0.175. The minimum Gasteiger partial charge on any atom is -0.504 e. The normalized spacial score (nSPS) is 28.0. The van der Waals surface area contributed by atoms with Crippen LogP contribution < -0.4 is 4.74 Å². The molecule has 0 aliphatic heterocycles. The number of hydrogen-bond donors (Lipinski definition) is 4. The molecule has 5 atom stereocenters. The fourth-order valence-corrected chi connectivity index (χ4v) is 8.78. The Balaban J connectivity index is 1.42. The van der Waals surface area contributed by atoms with Crippen LogP contribution in [-0.4, -0.2) is 39.4 Å². The number of ketones is 1. The number of phenolic OH excluding ortho intramolecular Hbond substituents is 3. The van der Waals surface area contributed by atoms with Gasteiger partial charge in [-0.25, -0.2) is 0 Å². The number of Topliss-reactive ketones (excluding diaryl/α,β-unsaturated/α-hetero) is 1. The summed E-state index contributed by atoms with van der Waals surface area (Å²) in [6, 6.07) is 20.5. The van der Waals surface area contributed by atoms with Gasteiger partial charge in [0.15, 0.2) is 23.0 Å². The summed E-state index contributed by atoms with van der Waals surface area (Å²) in [5.41, 5.74) is 2.63. The number of methoxy groups -OCH3 is 1. The van der Waals surface area contributed by atoms with Gasteiger partial charge in [0.2, 0.25) is 0 Å². The molecule has 2 fully saturated rings. The van der Waals surface area contributed by atoms with Crippen LogP contribution in [0.2, 0.25) is 0 Å². The van der Waals surface area contributed by atoms with Crippen molar-refractivity contribution in [3.63, 3.8) is 0 Å². The van der Waals surface area contributed by atoms with Crippen LogP contribution in [0.3, 0.4) is 0 Å². The van der Waals surface area contributed by atoms with E-state index in [0.717, 1.165) is 48.8 Å². The van der Waals surface area contributed by atoms with Gasteiger partial charge >= 0.3 is 0 Å². The summed E-state index contributed by atoms with van der Waals surface area (Å²) < 4.78 is 5.41. The minimum absolute atomic E-state index is 0.0228. The van der Waals surface area contributed by atoms with E-state index in [9.17, 15) is 25.2 Å². The molecule has 0 unspecified atom stereocenters. The Bertz CT molecular complexity index is 1580. The lowest BCUT2D eigenvalue weighted by Crippen LogP contribution is -2.42. The van der Waals surface area contributed by atoms with Crippen molar-refractivity contribution >= 4 is 5.78 Å². The molecule has 0 aromatic heterocycles. The van der Waals surface area contributed by atoms with Gasteiger partial charge in [-0.15, -0.1) is 5.92 Å². The number of benzene rings is 3. The van der Waals surface area contributed by atoms with Gasteiger partial charge in [-0.05, 0) is 84.9 Å². The molecule has 0 amide bonds. The number of hydrogen-bond acceptors (Lipinski definition) is 6. The molecular formula is C39H44O6. The fourth-order valence-electron chi connectivity index (χ4n) is 8.78. The standard InChI is InChI=1S/C39H44O6/c1-45-37-21-28(12-14-34(37)42)31-23-30(40)24-35(43)32(11-7-10-27(31)20-26-8-3-2-4-9-26)39(29-13-15-33(41)36(44)22-29)19-18-38(25-39)16-5-6-17-38/h2-4,8-9,12-15,21-22,27,31-32,35,41-44H,5-6,11,16-20,23-25H2,1H3/t27-,31-,32-,35+,39+/m1/s1. The van der Waals surface area contributed by atoms with E-state index in [-0.39, 0.29) is 59.0 Å². The van der Waals surface area contributed by atoms with Crippen molar-refractivity contribution in [1.82, 2.24) is 0 Å². The van der Waals surface area contributed by atoms with E-state index in [1.54, 1.807) is 24.3 Å². The van der Waals surface area contributed by atoms with Crippen molar-refractivity contribution in [3.8, 4) is 34.8 Å². The van der Waals surface area contributed by atoms with E-state index in [4.69, 9.17) is 4.74 Å². The van der Waals surface area contributed by atoms with E-state index in [1.807, 2.05) is 30.3 Å². The molecule has 6 nitrogen and oxygen atoms in total. The Kier molecular flexibility index (Phi) is 8.84. The Morgan fingerprint density at radius 3 is 2.36 bits per heavy atom. The molecular weight excluding hydrogens is 564 g/mol. The molecule has 2 saturated carbocycles. The highest BCUT2D eigenvalue weighted by atomic mass is 16.5. The van der Waals surface area contributed by atoms with Crippen LogP contribution in [-0.2, 0) is 16.6 Å². The first kappa shape index (κ1) is 31.0. The number of aliphatic hydroxyl groups excluding tert-OH is 1. The van der Waals surface area contributed by atoms with E-state index in [0.29, 0.717) is 18.6 Å². The van der Waals surface area contributed by atoms with Gasteiger partial charge in [-0.1, -0.05) is 61.2 Å². The zero-order valence-electron chi connectivity index (χ0n) is 26.0. The SMILES string of the molecule is COc1cc([C@@H]2CC(=O)C[C@H](O)[C@H]([C@@]3(c4ccc(O)c(O)c4)CCC4(CCCC4)C3)CC#C[C@@H]2Cc2ccccc2)ccc1O. The predicted octanol–water partition coefficient (Wildman–Crippen LogP) is 7.17. The van der Waals surface area contributed by atoms with Crippen molar-refractivity contribution < 1.29 is 30.0 Å². The van der Waals surface area contributed by atoms with Crippen LogP contribution >= 0.6 is 0 Å². The smallest absolute Gasteiger partial charge is 0.160 e. The molecule has 3 aromatic rings. The molecule has 4 N–H and O–H groups in total. The second-order valence-corrected chi connectivity index (χ2v) is 13.7. The maximum absolute atomic E-state index is 13.9. The lowest BCUT2D eigenvalue weighted by molar-refractivity contribution is -0.122. The number of aromatic hydroxyl groups is 3. The number of carbonyl (C=O) groups is 1. The maximum atomic E-state index is 13.9. The molecule has 3 aliphatic rings. The summed E-state index contributed by atoms with van der Waals surface area (Å²) in [7, 11) is 1.51. The van der Waals surface area contributed by atoms with Gasteiger partial charge in [-0.2, -0.15) is 0 Å².